The minimum atomic E-state index is 0.175. The SMILES string of the molecule is Cc1cc(C#CC2CC2)ccc1/C(N)=C/NCC(C)CO. The summed E-state index contributed by atoms with van der Waals surface area (Å²) in [4.78, 5) is 0. The Morgan fingerprint density at radius 3 is 2.90 bits per heavy atom. The molecule has 0 heterocycles. The van der Waals surface area contributed by atoms with Crippen LogP contribution in [-0.2, 0) is 0 Å². The second-order valence-corrected chi connectivity index (χ2v) is 5.87. The molecule has 1 aromatic carbocycles. The maximum absolute atomic E-state index is 8.98. The van der Waals surface area contributed by atoms with Crippen molar-refractivity contribution >= 4 is 5.70 Å². The highest BCUT2D eigenvalue weighted by Crippen LogP contribution is 2.27. The number of rotatable bonds is 5. The van der Waals surface area contributed by atoms with Gasteiger partial charge in [0.05, 0.1) is 5.70 Å². The molecule has 4 N–H and O–H groups in total. The van der Waals surface area contributed by atoms with Crippen LogP contribution < -0.4 is 11.1 Å². The van der Waals surface area contributed by atoms with Gasteiger partial charge in [-0.2, -0.15) is 0 Å². The first-order valence-corrected chi connectivity index (χ1v) is 7.52. The maximum atomic E-state index is 8.98. The van der Waals surface area contributed by atoms with Gasteiger partial charge in [-0.05, 0) is 43.4 Å². The molecule has 1 atom stereocenters. The van der Waals surface area contributed by atoms with E-state index in [0.29, 0.717) is 18.2 Å². The van der Waals surface area contributed by atoms with Crippen LogP contribution >= 0.6 is 0 Å². The van der Waals surface area contributed by atoms with Crippen LogP contribution in [0.4, 0.5) is 0 Å². The summed E-state index contributed by atoms with van der Waals surface area (Å²) in [5.74, 6) is 7.33. The van der Waals surface area contributed by atoms with Crippen LogP contribution in [0.2, 0.25) is 0 Å². The Morgan fingerprint density at radius 1 is 1.52 bits per heavy atom. The van der Waals surface area contributed by atoms with Crippen molar-refractivity contribution in [2.75, 3.05) is 13.2 Å². The molecule has 21 heavy (non-hydrogen) atoms. The van der Waals surface area contributed by atoms with Gasteiger partial charge in [0.15, 0.2) is 0 Å². The number of nitrogens with one attached hydrogen (secondary N) is 1. The van der Waals surface area contributed by atoms with Gasteiger partial charge in [0.2, 0.25) is 0 Å². The fourth-order valence-corrected chi connectivity index (χ4v) is 1.99. The zero-order chi connectivity index (χ0) is 15.2. The average molecular weight is 284 g/mol. The van der Waals surface area contributed by atoms with Crippen molar-refractivity contribution in [2.45, 2.75) is 26.7 Å². The number of aliphatic hydroxyl groups is 1. The first-order valence-electron chi connectivity index (χ1n) is 7.52. The Kier molecular flexibility index (Phi) is 5.30. The van der Waals surface area contributed by atoms with Crippen molar-refractivity contribution in [3.63, 3.8) is 0 Å². The van der Waals surface area contributed by atoms with E-state index in [2.05, 4.69) is 30.1 Å². The molecule has 1 aliphatic carbocycles. The predicted octanol–water partition coefficient (Wildman–Crippen LogP) is 2.23. The molecule has 112 valence electrons. The van der Waals surface area contributed by atoms with Gasteiger partial charge < -0.3 is 16.2 Å². The summed E-state index contributed by atoms with van der Waals surface area (Å²) >= 11 is 0. The molecule has 3 nitrogen and oxygen atoms in total. The number of hydrogen-bond donors (Lipinski definition) is 3. The first-order chi connectivity index (χ1) is 10.1. The van der Waals surface area contributed by atoms with E-state index in [1.165, 1.54) is 12.8 Å². The highest BCUT2D eigenvalue weighted by Gasteiger charge is 2.17. The third-order valence-corrected chi connectivity index (χ3v) is 3.57. The van der Waals surface area contributed by atoms with E-state index in [9.17, 15) is 0 Å². The largest absolute Gasteiger partial charge is 0.397 e. The lowest BCUT2D eigenvalue weighted by Crippen LogP contribution is -2.19. The Labute approximate surface area is 127 Å². The molecule has 0 aliphatic heterocycles. The summed E-state index contributed by atoms with van der Waals surface area (Å²) in [6, 6.07) is 6.13. The third-order valence-electron chi connectivity index (χ3n) is 3.57. The molecule has 0 amide bonds. The van der Waals surface area contributed by atoms with Gasteiger partial charge >= 0.3 is 0 Å². The van der Waals surface area contributed by atoms with Crippen LogP contribution in [0.3, 0.4) is 0 Å². The molecular weight excluding hydrogens is 260 g/mol. The fourth-order valence-electron chi connectivity index (χ4n) is 1.99. The fraction of sp³-hybridized carbons (Fsp3) is 0.444. The summed E-state index contributed by atoms with van der Waals surface area (Å²) < 4.78 is 0. The summed E-state index contributed by atoms with van der Waals surface area (Å²) in [5, 5.41) is 12.1. The number of aryl methyl sites for hydroxylation is 1. The molecule has 2 rings (SSSR count). The second-order valence-electron chi connectivity index (χ2n) is 5.87. The molecule has 1 aromatic rings. The Hall–Kier alpha value is -1.92. The zero-order valence-corrected chi connectivity index (χ0v) is 12.8. The lowest BCUT2D eigenvalue weighted by Gasteiger charge is -2.10. The van der Waals surface area contributed by atoms with Crippen molar-refractivity contribution in [1.82, 2.24) is 5.32 Å². The van der Waals surface area contributed by atoms with E-state index in [1.54, 1.807) is 0 Å². The van der Waals surface area contributed by atoms with E-state index in [-0.39, 0.29) is 12.5 Å². The number of benzene rings is 1. The second kappa shape index (κ2) is 7.19. The Bertz CT molecular complexity index is 577. The Balaban J connectivity index is 2.02. The summed E-state index contributed by atoms with van der Waals surface area (Å²) in [7, 11) is 0. The van der Waals surface area contributed by atoms with E-state index in [1.807, 2.05) is 25.3 Å². The maximum Gasteiger partial charge on any atom is 0.0549 e. The minimum absolute atomic E-state index is 0.175. The van der Waals surface area contributed by atoms with E-state index in [0.717, 1.165) is 16.7 Å². The molecule has 3 heteroatoms. The number of nitrogens with two attached hydrogens (primary N) is 1. The predicted molar refractivity (Wildman–Crippen MR) is 87.2 cm³/mol. The first kappa shape index (κ1) is 15.5. The van der Waals surface area contributed by atoms with Gasteiger partial charge in [-0.15, -0.1) is 0 Å². The smallest absolute Gasteiger partial charge is 0.0549 e. The van der Waals surface area contributed by atoms with Gasteiger partial charge in [0, 0.05) is 36.4 Å². The highest BCUT2D eigenvalue weighted by atomic mass is 16.3. The molecule has 0 aromatic heterocycles. The number of hydrogen-bond acceptors (Lipinski definition) is 3. The van der Waals surface area contributed by atoms with Crippen molar-refractivity contribution in [3.8, 4) is 11.8 Å². The molecule has 0 spiro atoms. The van der Waals surface area contributed by atoms with E-state index < -0.39 is 0 Å². The van der Waals surface area contributed by atoms with Crippen LogP contribution in [0.25, 0.3) is 5.70 Å². The van der Waals surface area contributed by atoms with Crippen molar-refractivity contribution in [2.24, 2.45) is 17.6 Å². The van der Waals surface area contributed by atoms with Crippen LogP contribution in [0, 0.1) is 30.6 Å². The van der Waals surface area contributed by atoms with Gasteiger partial charge in [-0.3, -0.25) is 0 Å². The molecule has 1 aliphatic rings. The molecular formula is C18H24N2O. The van der Waals surface area contributed by atoms with Crippen LogP contribution in [0.5, 0.6) is 0 Å². The molecule has 0 radical (unpaired) electrons. The van der Waals surface area contributed by atoms with Crippen molar-refractivity contribution in [3.05, 3.63) is 41.1 Å². The van der Waals surface area contributed by atoms with Gasteiger partial charge in [-0.25, -0.2) is 0 Å². The molecule has 0 bridgehead atoms. The third kappa shape index (κ3) is 4.84. The summed E-state index contributed by atoms with van der Waals surface area (Å²) in [5.41, 5.74) is 10.0. The topological polar surface area (TPSA) is 58.3 Å². The number of aliphatic hydroxyl groups excluding tert-OH is 1. The highest BCUT2D eigenvalue weighted by molar-refractivity contribution is 5.66. The normalized spacial score (nSPS) is 16.0. The average Bonchev–Trinajstić information content (AvgIpc) is 3.29. The summed E-state index contributed by atoms with van der Waals surface area (Å²) in [6.07, 6.45) is 4.30. The monoisotopic (exact) mass is 284 g/mol. The van der Waals surface area contributed by atoms with Gasteiger partial charge in [0.1, 0.15) is 0 Å². The molecule has 1 unspecified atom stereocenters. The molecule has 1 fully saturated rings. The van der Waals surface area contributed by atoms with Gasteiger partial charge in [0.25, 0.3) is 0 Å². The van der Waals surface area contributed by atoms with Crippen LogP contribution in [0.1, 0.15) is 36.5 Å². The van der Waals surface area contributed by atoms with Crippen molar-refractivity contribution in [1.29, 1.82) is 0 Å². The minimum Gasteiger partial charge on any atom is -0.397 e. The van der Waals surface area contributed by atoms with Crippen LogP contribution in [-0.4, -0.2) is 18.3 Å². The van der Waals surface area contributed by atoms with E-state index in [4.69, 9.17) is 10.8 Å². The molecule has 0 saturated heterocycles. The lowest BCUT2D eigenvalue weighted by molar-refractivity contribution is 0.237. The quantitative estimate of drug-likeness (QED) is 0.727. The van der Waals surface area contributed by atoms with E-state index >= 15 is 0 Å². The summed E-state index contributed by atoms with van der Waals surface area (Å²) in [6.45, 7) is 4.92. The van der Waals surface area contributed by atoms with Crippen molar-refractivity contribution < 1.29 is 5.11 Å². The molecule has 1 saturated carbocycles. The van der Waals surface area contributed by atoms with Crippen LogP contribution in [0.15, 0.2) is 24.4 Å². The zero-order valence-electron chi connectivity index (χ0n) is 12.8. The van der Waals surface area contributed by atoms with Gasteiger partial charge in [-0.1, -0.05) is 24.8 Å². The standard InChI is InChI=1S/C18H24N2O/c1-13(12-21)10-20-11-18(19)17-8-7-16(9-14(17)2)6-5-15-3-4-15/h7-9,11,13,15,20-21H,3-4,10,12,19H2,1-2H3/b18-11-. The Morgan fingerprint density at radius 2 is 2.29 bits per heavy atom. The lowest BCUT2D eigenvalue weighted by atomic mass is 10.0.